The third-order valence-corrected chi connectivity index (χ3v) is 3.53. The Labute approximate surface area is 113 Å². The number of nitrogens with one attached hydrogen (secondary N) is 1. The van der Waals surface area contributed by atoms with Crippen molar-refractivity contribution in [1.29, 1.82) is 0 Å². The van der Waals surface area contributed by atoms with Crippen molar-refractivity contribution >= 4 is 5.91 Å². The van der Waals surface area contributed by atoms with E-state index in [1.165, 1.54) is 13.2 Å². The molecule has 0 bridgehead atoms. The van der Waals surface area contributed by atoms with Gasteiger partial charge in [-0.25, -0.2) is 4.98 Å². The monoisotopic (exact) mass is 291 g/mol. The molecule has 2 N–H and O–H groups in total. The van der Waals surface area contributed by atoms with Crippen LogP contribution in [0.2, 0.25) is 0 Å². The molecule has 0 spiro atoms. The fraction of sp³-hybridized carbons (Fsp3) is 0.667. The Hall–Kier alpha value is -1.57. The number of halogens is 3. The van der Waals surface area contributed by atoms with Crippen LogP contribution in [0.1, 0.15) is 25.6 Å². The fourth-order valence-corrected chi connectivity index (χ4v) is 2.08. The molecule has 1 heterocycles. The summed E-state index contributed by atoms with van der Waals surface area (Å²) in [5, 5.41) is 12.5. The first-order chi connectivity index (χ1) is 9.15. The molecule has 1 aromatic heterocycles. The van der Waals surface area contributed by atoms with Gasteiger partial charge in [0.25, 0.3) is 0 Å². The number of rotatable bonds is 4. The first-order valence-electron chi connectivity index (χ1n) is 6.21. The van der Waals surface area contributed by atoms with E-state index in [0.29, 0.717) is 0 Å². The third kappa shape index (κ3) is 2.65. The Bertz CT molecular complexity index is 514. The lowest BCUT2D eigenvalue weighted by molar-refractivity contribution is -0.271. The Morgan fingerprint density at radius 2 is 2.20 bits per heavy atom. The highest BCUT2D eigenvalue weighted by Crippen LogP contribution is 2.41. The Morgan fingerprint density at radius 3 is 2.60 bits per heavy atom. The Balaban J connectivity index is 2.20. The van der Waals surface area contributed by atoms with E-state index in [4.69, 9.17) is 0 Å². The van der Waals surface area contributed by atoms with Gasteiger partial charge in [-0.2, -0.15) is 13.2 Å². The van der Waals surface area contributed by atoms with E-state index in [0.717, 1.165) is 17.2 Å². The van der Waals surface area contributed by atoms with Crippen molar-refractivity contribution in [3.8, 4) is 0 Å². The molecule has 0 aliphatic heterocycles. The summed E-state index contributed by atoms with van der Waals surface area (Å²) in [5.41, 5.74) is -3.28. The number of carbonyl (C=O) groups excluding carboxylic acids is 1. The van der Waals surface area contributed by atoms with Gasteiger partial charge >= 0.3 is 6.18 Å². The average molecular weight is 291 g/mol. The number of carbonyl (C=O) groups is 1. The minimum atomic E-state index is -4.99. The van der Waals surface area contributed by atoms with Crippen molar-refractivity contribution in [2.75, 3.05) is 0 Å². The van der Waals surface area contributed by atoms with Crippen LogP contribution in [0.5, 0.6) is 0 Å². The first kappa shape index (κ1) is 14.8. The summed E-state index contributed by atoms with van der Waals surface area (Å²) in [5.74, 6) is -1.16. The maximum Gasteiger partial charge on any atom is 0.425 e. The zero-order valence-electron chi connectivity index (χ0n) is 11.1. The number of aromatic nitrogens is 2. The van der Waals surface area contributed by atoms with E-state index in [2.05, 4.69) is 10.3 Å². The molecule has 0 aromatic carbocycles. The quantitative estimate of drug-likeness (QED) is 0.872. The van der Waals surface area contributed by atoms with Gasteiger partial charge in [-0.1, -0.05) is 6.92 Å². The summed E-state index contributed by atoms with van der Waals surface area (Å²) in [6, 6.07) is -0.0960. The van der Waals surface area contributed by atoms with Crippen molar-refractivity contribution in [3.05, 3.63) is 18.2 Å². The molecule has 1 fully saturated rings. The molecule has 1 amide bonds. The molecule has 2 rings (SSSR count). The van der Waals surface area contributed by atoms with Crippen LogP contribution in [0.15, 0.2) is 12.4 Å². The first-order valence-corrected chi connectivity index (χ1v) is 6.21. The summed E-state index contributed by atoms with van der Waals surface area (Å²) in [6.45, 7) is 1.89. The second-order valence-electron chi connectivity index (χ2n) is 5.28. The van der Waals surface area contributed by atoms with Crippen LogP contribution >= 0.6 is 0 Å². The van der Waals surface area contributed by atoms with Crippen molar-refractivity contribution in [3.63, 3.8) is 0 Å². The minimum absolute atomic E-state index is 0.0960. The second kappa shape index (κ2) is 4.76. The van der Waals surface area contributed by atoms with Crippen LogP contribution < -0.4 is 5.32 Å². The molecular formula is C12H16F3N3O2. The molecule has 1 aliphatic carbocycles. The fourth-order valence-electron chi connectivity index (χ4n) is 2.08. The summed E-state index contributed by atoms with van der Waals surface area (Å²) < 4.78 is 40.5. The maximum atomic E-state index is 13.2. The molecule has 1 aromatic rings. The molecule has 3 atom stereocenters. The number of alkyl halides is 3. The molecule has 5 nitrogen and oxygen atoms in total. The van der Waals surface area contributed by atoms with Gasteiger partial charge in [-0.05, 0) is 12.3 Å². The van der Waals surface area contributed by atoms with Gasteiger partial charge < -0.3 is 15.0 Å². The van der Waals surface area contributed by atoms with E-state index in [-0.39, 0.29) is 12.0 Å². The number of aliphatic hydroxyl groups is 1. The maximum absolute atomic E-state index is 13.2. The van der Waals surface area contributed by atoms with Crippen LogP contribution in [-0.4, -0.2) is 32.8 Å². The largest absolute Gasteiger partial charge is 0.425 e. The van der Waals surface area contributed by atoms with Crippen LogP contribution in [0.4, 0.5) is 13.2 Å². The summed E-state index contributed by atoms with van der Waals surface area (Å²) in [7, 11) is 1.33. The average Bonchev–Trinajstić information content (AvgIpc) is 2.82. The molecule has 3 unspecified atom stereocenters. The van der Waals surface area contributed by atoms with Crippen LogP contribution in [0.3, 0.4) is 0 Å². The van der Waals surface area contributed by atoms with Gasteiger partial charge in [0.1, 0.15) is 0 Å². The van der Waals surface area contributed by atoms with Crippen LogP contribution in [-0.2, 0) is 17.4 Å². The number of hydrogen-bond acceptors (Lipinski definition) is 3. The van der Waals surface area contributed by atoms with Gasteiger partial charge in [0, 0.05) is 25.5 Å². The van der Waals surface area contributed by atoms with Crippen molar-refractivity contribution in [2.45, 2.75) is 37.6 Å². The lowest BCUT2D eigenvalue weighted by Crippen LogP contribution is -2.48. The van der Waals surface area contributed by atoms with E-state index in [9.17, 15) is 23.1 Å². The molecule has 1 aliphatic rings. The van der Waals surface area contributed by atoms with Gasteiger partial charge in [-0.15, -0.1) is 0 Å². The van der Waals surface area contributed by atoms with E-state index < -0.39 is 29.9 Å². The van der Waals surface area contributed by atoms with Gasteiger partial charge in [0.05, 0.1) is 6.42 Å². The predicted molar refractivity (Wildman–Crippen MR) is 63.5 cm³/mol. The van der Waals surface area contributed by atoms with Gasteiger partial charge in [0.2, 0.25) is 11.5 Å². The molecule has 0 saturated heterocycles. The highest BCUT2D eigenvalue weighted by molar-refractivity contribution is 5.78. The van der Waals surface area contributed by atoms with Gasteiger partial charge in [0.15, 0.2) is 5.82 Å². The molecule has 8 heteroatoms. The van der Waals surface area contributed by atoms with E-state index in [1.54, 1.807) is 0 Å². The Kier molecular flexibility index (Phi) is 3.53. The smallest absolute Gasteiger partial charge is 0.374 e. The van der Waals surface area contributed by atoms with Crippen LogP contribution in [0, 0.1) is 5.92 Å². The zero-order valence-corrected chi connectivity index (χ0v) is 11.1. The number of hydrogen-bond donors (Lipinski definition) is 2. The van der Waals surface area contributed by atoms with Crippen molar-refractivity contribution in [1.82, 2.24) is 14.9 Å². The minimum Gasteiger partial charge on any atom is -0.374 e. The highest BCUT2D eigenvalue weighted by Gasteiger charge is 2.58. The lowest BCUT2D eigenvalue weighted by Gasteiger charge is -2.29. The highest BCUT2D eigenvalue weighted by atomic mass is 19.4. The zero-order chi connectivity index (χ0) is 15.1. The predicted octanol–water partition coefficient (Wildman–Crippen LogP) is 1.08. The second-order valence-corrected chi connectivity index (χ2v) is 5.28. The third-order valence-electron chi connectivity index (χ3n) is 3.53. The number of aryl methyl sites for hydroxylation is 1. The standard InChI is InChI=1S/C12H16F3N3O2/c1-7-5-8(7)17-9(19)6-11(20,12(13,14)15)10-16-3-4-18(10)2/h3-4,7-8,20H,5-6H2,1-2H3,(H,17,19). The SMILES string of the molecule is CC1CC1NC(=O)CC(O)(c1nccn1C)C(F)(F)F. The summed E-state index contributed by atoms with van der Waals surface area (Å²) in [6.07, 6.45) is -2.90. The Morgan fingerprint density at radius 1 is 1.60 bits per heavy atom. The molecule has 112 valence electrons. The molecule has 20 heavy (non-hydrogen) atoms. The van der Waals surface area contributed by atoms with Crippen LogP contribution in [0.25, 0.3) is 0 Å². The molecule has 1 saturated carbocycles. The number of amides is 1. The van der Waals surface area contributed by atoms with E-state index in [1.807, 2.05) is 6.92 Å². The molecule has 0 radical (unpaired) electrons. The van der Waals surface area contributed by atoms with E-state index >= 15 is 0 Å². The summed E-state index contributed by atoms with van der Waals surface area (Å²) >= 11 is 0. The number of nitrogens with zero attached hydrogens (tertiary/aromatic N) is 2. The molecular weight excluding hydrogens is 275 g/mol. The lowest BCUT2D eigenvalue weighted by atomic mass is 9.97. The summed E-state index contributed by atoms with van der Waals surface area (Å²) in [4.78, 5) is 15.2. The van der Waals surface area contributed by atoms with Crippen molar-refractivity contribution in [2.24, 2.45) is 13.0 Å². The topological polar surface area (TPSA) is 67.2 Å². The van der Waals surface area contributed by atoms with Crippen molar-refractivity contribution < 1.29 is 23.1 Å². The number of imidazole rings is 1. The van der Waals surface area contributed by atoms with Gasteiger partial charge in [-0.3, -0.25) is 4.79 Å². The normalized spacial score (nSPS) is 25.1.